The lowest BCUT2D eigenvalue weighted by molar-refractivity contribution is -0.244. The SMILES string of the molecule is CCN(CC)c1ccc2cc(/C=C(\C#N)S(=O)(=O)NC/C(N)=C/N(N)CC3O[C@H](OC)CC(O)[C@@H]3O)ccc2c1. The number of hydrogen-bond acceptors (Lipinski definition) is 11. The van der Waals surface area contributed by atoms with Crippen LogP contribution >= 0.6 is 0 Å². The van der Waals surface area contributed by atoms with E-state index in [9.17, 15) is 23.9 Å². The predicted molar refractivity (Wildman–Crippen MR) is 153 cm³/mol. The van der Waals surface area contributed by atoms with Gasteiger partial charge in [0.2, 0.25) is 0 Å². The highest BCUT2D eigenvalue weighted by molar-refractivity contribution is 7.93. The summed E-state index contributed by atoms with van der Waals surface area (Å²) in [6, 6.07) is 13.3. The van der Waals surface area contributed by atoms with Gasteiger partial charge in [-0.05, 0) is 54.5 Å². The average Bonchev–Trinajstić information content (AvgIpc) is 2.93. The maximum Gasteiger partial charge on any atom is 0.251 e. The molecule has 4 atom stereocenters. The van der Waals surface area contributed by atoms with Crippen LogP contribution in [-0.4, -0.2) is 81.5 Å². The van der Waals surface area contributed by atoms with Crippen molar-refractivity contribution >= 4 is 32.6 Å². The molecule has 0 aliphatic carbocycles. The molecule has 40 heavy (non-hydrogen) atoms. The maximum atomic E-state index is 12.8. The predicted octanol–water partition coefficient (Wildman–Crippen LogP) is 0.929. The Labute approximate surface area is 235 Å². The molecular formula is C27H38N6O6S. The Balaban J connectivity index is 1.67. The van der Waals surface area contributed by atoms with Crippen LogP contribution in [0.3, 0.4) is 0 Å². The summed E-state index contributed by atoms with van der Waals surface area (Å²) in [5.41, 5.74) is 7.65. The molecule has 0 aromatic heterocycles. The molecule has 0 radical (unpaired) electrons. The molecule has 7 N–H and O–H groups in total. The number of methoxy groups -OCH3 is 1. The van der Waals surface area contributed by atoms with Gasteiger partial charge in [0.05, 0.1) is 19.2 Å². The molecule has 2 unspecified atom stereocenters. The van der Waals surface area contributed by atoms with Gasteiger partial charge in [0.1, 0.15) is 18.3 Å². The monoisotopic (exact) mass is 574 g/mol. The first kappa shape index (κ1) is 31.3. The number of rotatable bonds is 12. The van der Waals surface area contributed by atoms with Crippen LogP contribution in [0, 0.1) is 11.3 Å². The summed E-state index contributed by atoms with van der Waals surface area (Å²) in [6.45, 7) is 5.59. The van der Waals surface area contributed by atoms with E-state index in [4.69, 9.17) is 21.1 Å². The summed E-state index contributed by atoms with van der Waals surface area (Å²) >= 11 is 0. The number of hydrazine groups is 1. The van der Waals surface area contributed by atoms with Crippen molar-refractivity contribution in [2.45, 2.75) is 44.9 Å². The smallest absolute Gasteiger partial charge is 0.251 e. The summed E-state index contributed by atoms with van der Waals surface area (Å²) < 4.78 is 38.6. The van der Waals surface area contributed by atoms with Gasteiger partial charge in [0.15, 0.2) is 11.2 Å². The van der Waals surface area contributed by atoms with E-state index in [1.165, 1.54) is 19.4 Å². The molecule has 2 aromatic carbocycles. The van der Waals surface area contributed by atoms with E-state index in [0.29, 0.717) is 5.56 Å². The molecule has 3 rings (SSSR count). The Morgan fingerprint density at radius 3 is 2.55 bits per heavy atom. The minimum Gasteiger partial charge on any atom is -0.400 e. The first-order valence-electron chi connectivity index (χ1n) is 12.9. The highest BCUT2D eigenvalue weighted by Gasteiger charge is 2.37. The molecule has 0 amide bonds. The van der Waals surface area contributed by atoms with Gasteiger partial charge in [0, 0.05) is 44.2 Å². The van der Waals surface area contributed by atoms with Crippen molar-refractivity contribution in [1.29, 1.82) is 5.26 Å². The number of aliphatic hydroxyl groups excluding tert-OH is 2. The van der Waals surface area contributed by atoms with Crippen LogP contribution in [0.5, 0.6) is 0 Å². The molecular weight excluding hydrogens is 536 g/mol. The van der Waals surface area contributed by atoms with Crippen molar-refractivity contribution in [2.24, 2.45) is 11.6 Å². The third-order valence-electron chi connectivity index (χ3n) is 6.66. The second-order valence-corrected chi connectivity index (χ2v) is 11.2. The Morgan fingerprint density at radius 2 is 1.90 bits per heavy atom. The number of nitriles is 1. The van der Waals surface area contributed by atoms with Crippen LogP contribution in [-0.2, 0) is 19.5 Å². The lowest BCUT2D eigenvalue weighted by Crippen LogP contribution is -2.53. The van der Waals surface area contributed by atoms with Gasteiger partial charge < -0.3 is 35.3 Å². The molecule has 1 fully saturated rings. The number of nitrogens with two attached hydrogens (primary N) is 2. The van der Waals surface area contributed by atoms with Gasteiger partial charge >= 0.3 is 0 Å². The molecule has 12 nitrogen and oxygen atoms in total. The third kappa shape index (κ3) is 7.92. The molecule has 0 spiro atoms. The summed E-state index contributed by atoms with van der Waals surface area (Å²) in [4.78, 5) is 1.76. The largest absolute Gasteiger partial charge is 0.400 e. The molecule has 0 saturated carbocycles. The number of sulfonamides is 1. The lowest BCUT2D eigenvalue weighted by atomic mass is 10.0. The molecule has 218 valence electrons. The van der Waals surface area contributed by atoms with E-state index in [1.54, 1.807) is 12.1 Å². The fraction of sp³-hybridized carbons (Fsp3) is 0.444. The van der Waals surface area contributed by atoms with Crippen LogP contribution in [0.2, 0.25) is 0 Å². The van der Waals surface area contributed by atoms with E-state index in [2.05, 4.69) is 29.5 Å². The third-order valence-corrected chi connectivity index (χ3v) is 7.97. The number of nitrogens with zero attached hydrogens (tertiary/aromatic N) is 3. The van der Waals surface area contributed by atoms with E-state index < -0.39 is 39.5 Å². The summed E-state index contributed by atoms with van der Waals surface area (Å²) in [5, 5.41) is 32.8. The summed E-state index contributed by atoms with van der Waals surface area (Å²) in [6.07, 6.45) is -1.11. The lowest BCUT2D eigenvalue weighted by Gasteiger charge is -2.37. The van der Waals surface area contributed by atoms with Crippen LogP contribution < -0.4 is 21.2 Å². The number of fused-ring (bicyclic) bond motifs is 1. The molecule has 1 aliphatic heterocycles. The Bertz CT molecular complexity index is 1370. The molecule has 1 saturated heterocycles. The van der Waals surface area contributed by atoms with Crippen molar-refractivity contribution < 1.29 is 28.1 Å². The standard InChI is InChI=1S/C27H38N6O6S/c1-4-32(5-2)22-9-8-19-10-18(6-7-20(19)12-22)11-23(14-28)40(36,37)31-15-21(29)16-33(30)17-25-27(35)24(34)13-26(38-3)39-25/h6-12,16,24-27,31,34-35H,4-5,13,15,17,29-30H2,1-3H3/b21-16-,23-11+/t24?,25?,26-,27-/m0/s1. The van der Waals surface area contributed by atoms with E-state index in [-0.39, 0.29) is 25.2 Å². The first-order chi connectivity index (χ1) is 19.0. The number of aliphatic hydroxyl groups is 2. The van der Waals surface area contributed by atoms with Crippen LogP contribution in [0.1, 0.15) is 25.8 Å². The van der Waals surface area contributed by atoms with Gasteiger partial charge in [0.25, 0.3) is 10.0 Å². The zero-order chi connectivity index (χ0) is 29.4. The van der Waals surface area contributed by atoms with Gasteiger partial charge in [-0.1, -0.05) is 18.2 Å². The van der Waals surface area contributed by atoms with Crippen molar-refractivity contribution in [3.05, 3.63) is 58.8 Å². The minimum atomic E-state index is -4.18. The molecule has 0 bridgehead atoms. The maximum absolute atomic E-state index is 12.8. The highest BCUT2D eigenvalue weighted by Crippen LogP contribution is 2.25. The van der Waals surface area contributed by atoms with Crippen LogP contribution in [0.4, 0.5) is 5.69 Å². The van der Waals surface area contributed by atoms with Crippen molar-refractivity contribution in [3.63, 3.8) is 0 Å². The Hall–Kier alpha value is -3.22. The number of anilines is 1. The van der Waals surface area contributed by atoms with Crippen molar-refractivity contribution in [3.8, 4) is 6.07 Å². The average molecular weight is 575 g/mol. The summed E-state index contributed by atoms with van der Waals surface area (Å²) in [7, 11) is -2.76. The van der Waals surface area contributed by atoms with Crippen LogP contribution in [0.15, 0.2) is 53.2 Å². The number of ether oxygens (including phenoxy) is 2. The molecule has 2 aromatic rings. The van der Waals surface area contributed by atoms with Crippen LogP contribution in [0.25, 0.3) is 16.8 Å². The number of nitrogens with one attached hydrogen (secondary N) is 1. The fourth-order valence-corrected chi connectivity index (χ4v) is 5.37. The minimum absolute atomic E-state index is 0.0483. The number of hydrogen-bond donors (Lipinski definition) is 5. The second-order valence-electron chi connectivity index (χ2n) is 9.44. The van der Waals surface area contributed by atoms with E-state index in [0.717, 1.165) is 34.6 Å². The zero-order valence-corrected chi connectivity index (χ0v) is 23.7. The second kappa shape index (κ2) is 13.9. The van der Waals surface area contributed by atoms with E-state index >= 15 is 0 Å². The molecule has 1 aliphatic rings. The van der Waals surface area contributed by atoms with Crippen molar-refractivity contribution in [2.75, 3.05) is 38.2 Å². The molecule has 1 heterocycles. The van der Waals surface area contributed by atoms with Gasteiger partial charge in [-0.3, -0.25) is 0 Å². The van der Waals surface area contributed by atoms with Gasteiger partial charge in [-0.25, -0.2) is 19.0 Å². The van der Waals surface area contributed by atoms with Crippen molar-refractivity contribution in [1.82, 2.24) is 9.73 Å². The zero-order valence-electron chi connectivity index (χ0n) is 22.9. The van der Waals surface area contributed by atoms with Gasteiger partial charge in [-0.15, -0.1) is 0 Å². The van der Waals surface area contributed by atoms with Gasteiger partial charge in [-0.2, -0.15) is 5.26 Å². The summed E-state index contributed by atoms with van der Waals surface area (Å²) in [5.74, 6) is 5.93. The quantitative estimate of drug-likeness (QED) is 0.138. The Morgan fingerprint density at radius 1 is 1.23 bits per heavy atom. The molecule has 13 heteroatoms. The normalized spacial score (nSPS) is 22.2. The topological polar surface area (TPSA) is 187 Å². The Kier molecular flexibility index (Phi) is 10.9. The fourth-order valence-electron chi connectivity index (χ4n) is 4.44. The number of benzene rings is 2. The highest BCUT2D eigenvalue weighted by atomic mass is 32.2. The number of allylic oxidation sites excluding steroid dienone is 1. The van der Waals surface area contributed by atoms with E-state index in [1.807, 2.05) is 24.3 Å². The first-order valence-corrected chi connectivity index (χ1v) is 14.4.